The Morgan fingerprint density at radius 2 is 1.72 bits per heavy atom. The quantitative estimate of drug-likeness (QED) is 0.274. The summed E-state index contributed by atoms with van der Waals surface area (Å²) in [5.74, 6) is -3.01. The lowest BCUT2D eigenvalue weighted by Gasteiger charge is -2.19. The van der Waals surface area contributed by atoms with Crippen molar-refractivity contribution in [3.8, 4) is 10.6 Å². The first kappa shape index (κ1) is 31.1. The summed E-state index contributed by atoms with van der Waals surface area (Å²) in [6.45, 7) is 6.64. The van der Waals surface area contributed by atoms with E-state index >= 15 is 0 Å². The second-order valence-electron chi connectivity index (χ2n) is 8.58. The maximum Gasteiger partial charge on any atom is 0.430 e. The molecule has 0 atom stereocenters. The second kappa shape index (κ2) is 12.9. The van der Waals surface area contributed by atoms with Gasteiger partial charge in [-0.05, 0) is 45.0 Å². The van der Waals surface area contributed by atoms with Gasteiger partial charge in [0.15, 0.2) is 0 Å². The van der Waals surface area contributed by atoms with E-state index in [0.29, 0.717) is 13.1 Å². The van der Waals surface area contributed by atoms with Crippen molar-refractivity contribution in [2.75, 3.05) is 32.5 Å². The minimum Gasteiger partial charge on any atom is -0.542 e. The highest BCUT2D eigenvalue weighted by molar-refractivity contribution is 8.93. The highest BCUT2D eigenvalue weighted by atomic mass is 79.9. The summed E-state index contributed by atoms with van der Waals surface area (Å²) in [6, 6.07) is 12.4. The summed E-state index contributed by atoms with van der Waals surface area (Å²) in [7, 11) is 4.07. The molecular formula is C23H28BrF3N4O4S. The Morgan fingerprint density at radius 1 is 1.08 bits per heavy atom. The molecule has 36 heavy (non-hydrogen) atoms. The van der Waals surface area contributed by atoms with Crippen molar-refractivity contribution in [1.29, 1.82) is 0 Å². The van der Waals surface area contributed by atoms with Gasteiger partial charge in [0, 0.05) is 30.9 Å². The number of hydrogen-bond acceptors (Lipinski definition) is 7. The van der Waals surface area contributed by atoms with E-state index < -0.39 is 23.8 Å². The lowest BCUT2D eigenvalue weighted by atomic mass is 10.2. The van der Waals surface area contributed by atoms with E-state index in [2.05, 4.69) is 39.5 Å². The van der Waals surface area contributed by atoms with Gasteiger partial charge < -0.3 is 25.3 Å². The Bertz CT molecular complexity index is 1240. The number of alkyl halides is 3. The number of aliphatic carboxylic acids is 1. The van der Waals surface area contributed by atoms with Crippen molar-refractivity contribution >= 4 is 56.3 Å². The normalized spacial score (nSPS) is 11.1. The number of benzene rings is 2. The average molecular weight is 593 g/mol. The van der Waals surface area contributed by atoms with Gasteiger partial charge in [0.1, 0.15) is 25.7 Å². The fraction of sp³-hybridized carbons (Fsp3) is 0.391. The zero-order valence-electron chi connectivity index (χ0n) is 20.4. The van der Waals surface area contributed by atoms with Crippen LogP contribution in [0.2, 0.25) is 0 Å². The number of carboxylic acid groups (broad SMARTS) is 1. The molecule has 0 saturated heterocycles. The molecule has 2 N–H and O–H groups in total. The number of rotatable bonds is 4. The Balaban J connectivity index is 0.000000712. The third-order valence-electron chi connectivity index (χ3n) is 4.23. The number of nitrogens with zero attached hydrogens (tertiary/aromatic N) is 2. The van der Waals surface area contributed by atoms with Crippen molar-refractivity contribution in [2.24, 2.45) is 0 Å². The minimum absolute atomic E-state index is 0. The molecule has 1 aromatic rings. The van der Waals surface area contributed by atoms with Crippen molar-refractivity contribution in [2.45, 2.75) is 32.5 Å². The molecule has 3 rings (SSSR count). The number of hydrogen-bond donors (Lipinski definition) is 2. The van der Waals surface area contributed by atoms with Crippen LogP contribution in [0, 0.1) is 0 Å². The molecule has 1 aromatic carbocycles. The summed E-state index contributed by atoms with van der Waals surface area (Å²) in [5, 5.41) is 16.0. The molecule has 1 aliphatic heterocycles. The molecule has 0 aromatic heterocycles. The summed E-state index contributed by atoms with van der Waals surface area (Å²) in [5.41, 5.74) is 2.50. The lowest BCUT2D eigenvalue weighted by Crippen LogP contribution is -2.37. The number of halogens is 4. The predicted molar refractivity (Wildman–Crippen MR) is 137 cm³/mol. The Hall–Kier alpha value is -2.93. The largest absolute Gasteiger partial charge is 0.542 e. The Kier molecular flexibility index (Phi) is 11.1. The summed E-state index contributed by atoms with van der Waals surface area (Å²) >= 11 is 1.73. The number of aromatic nitrogens is 1. The first-order valence-electron chi connectivity index (χ1n) is 10.5. The van der Waals surface area contributed by atoms with E-state index in [4.69, 9.17) is 19.6 Å². The van der Waals surface area contributed by atoms with Crippen LogP contribution in [0.4, 0.5) is 23.7 Å². The van der Waals surface area contributed by atoms with Crippen LogP contribution in [0.25, 0.3) is 20.8 Å². The number of anilines is 1. The number of carbonyl (C=O) groups is 2. The van der Waals surface area contributed by atoms with Gasteiger partial charge in [0.25, 0.3) is 0 Å². The molecule has 198 valence electrons. The van der Waals surface area contributed by atoms with Crippen LogP contribution in [0.5, 0.6) is 0 Å². The zero-order valence-corrected chi connectivity index (χ0v) is 22.9. The van der Waals surface area contributed by atoms with Crippen LogP contribution < -0.4 is 25.7 Å². The van der Waals surface area contributed by atoms with Gasteiger partial charge in [-0.1, -0.05) is 0 Å². The van der Waals surface area contributed by atoms with Crippen LogP contribution in [0.3, 0.4) is 0 Å². The van der Waals surface area contributed by atoms with Crippen molar-refractivity contribution in [1.82, 2.24) is 14.9 Å². The minimum atomic E-state index is -5.19. The van der Waals surface area contributed by atoms with E-state index in [1.807, 2.05) is 47.0 Å². The molecule has 0 spiro atoms. The SMILES string of the molecule is Br.C[N+](C)=c1ccc2nc3ccc(NCCNC(=O)OC(C)(C)C)cc3sc-2c1.O=C([O-])C(F)(F)F. The van der Waals surface area contributed by atoms with E-state index in [0.717, 1.165) is 31.8 Å². The fourth-order valence-electron chi connectivity index (χ4n) is 2.69. The molecule has 0 unspecified atom stereocenters. The molecule has 0 fully saturated rings. The van der Waals surface area contributed by atoms with E-state index in [1.54, 1.807) is 11.3 Å². The first-order chi connectivity index (χ1) is 16.2. The molecule has 1 amide bonds. The number of nitrogens with one attached hydrogen (secondary N) is 2. The van der Waals surface area contributed by atoms with Gasteiger partial charge in [0.05, 0.1) is 20.8 Å². The monoisotopic (exact) mass is 592 g/mol. The standard InChI is InChI=1S/C21H26N4O2S.C2HF3O2.BrH/c1-21(2,3)27-20(26)23-11-10-22-14-6-8-16-18(12-14)28-19-13-15(25(4)5)7-9-17(19)24-16;3-2(4,5)1(6)7;/h6-9,12-13H,10-11H2,1-5H3,(H,23,26);(H,6,7);1H. The summed E-state index contributed by atoms with van der Waals surface area (Å²) in [6.07, 6.45) is -5.60. The third kappa shape index (κ3) is 9.97. The number of fused-ring (bicyclic) bond motifs is 2. The number of amides is 1. The molecule has 0 saturated carbocycles. The number of alkyl carbamates (subject to hydrolysis) is 1. The Morgan fingerprint density at radius 3 is 2.28 bits per heavy atom. The van der Waals surface area contributed by atoms with E-state index in [9.17, 15) is 18.0 Å². The molecule has 0 bridgehead atoms. The maximum atomic E-state index is 11.7. The second-order valence-corrected chi connectivity index (χ2v) is 9.67. The van der Waals surface area contributed by atoms with Gasteiger partial charge >= 0.3 is 12.3 Å². The van der Waals surface area contributed by atoms with E-state index in [-0.39, 0.29) is 17.0 Å². The smallest absolute Gasteiger partial charge is 0.430 e. The molecular weight excluding hydrogens is 565 g/mol. The van der Waals surface area contributed by atoms with Gasteiger partial charge in [-0.15, -0.1) is 28.3 Å². The topological polar surface area (TPSA) is 106 Å². The number of ether oxygens (including phenoxy) is 1. The van der Waals surface area contributed by atoms with Crippen LogP contribution in [0.1, 0.15) is 20.8 Å². The van der Waals surface area contributed by atoms with Gasteiger partial charge in [-0.3, -0.25) is 0 Å². The van der Waals surface area contributed by atoms with Crippen LogP contribution in [-0.4, -0.2) is 56.0 Å². The predicted octanol–water partition coefficient (Wildman–Crippen LogP) is 3.25. The highest BCUT2D eigenvalue weighted by Crippen LogP contribution is 2.30. The Labute approximate surface area is 220 Å². The summed E-state index contributed by atoms with van der Waals surface area (Å²) < 4.78 is 40.0. The molecule has 8 nitrogen and oxygen atoms in total. The van der Waals surface area contributed by atoms with Crippen molar-refractivity contribution in [3.63, 3.8) is 0 Å². The average Bonchev–Trinajstić information content (AvgIpc) is 2.73. The number of carbonyl (C=O) groups excluding carboxylic acids is 2. The van der Waals surface area contributed by atoms with Crippen LogP contribution >= 0.6 is 28.3 Å². The molecule has 0 radical (unpaired) electrons. The van der Waals surface area contributed by atoms with E-state index in [1.165, 1.54) is 0 Å². The third-order valence-corrected chi connectivity index (χ3v) is 5.33. The molecule has 1 heterocycles. The maximum absolute atomic E-state index is 11.7. The fourth-order valence-corrected chi connectivity index (χ4v) is 3.73. The van der Waals surface area contributed by atoms with Crippen molar-refractivity contribution < 1.29 is 32.6 Å². The molecule has 1 aliphatic carbocycles. The van der Waals surface area contributed by atoms with Crippen molar-refractivity contribution in [3.05, 3.63) is 41.8 Å². The van der Waals surface area contributed by atoms with Gasteiger partial charge in [0.2, 0.25) is 5.36 Å². The highest BCUT2D eigenvalue weighted by Gasteiger charge is 2.28. The molecule has 13 heteroatoms. The van der Waals surface area contributed by atoms with Gasteiger partial charge in [-0.2, -0.15) is 13.2 Å². The number of carboxylic acids is 1. The summed E-state index contributed by atoms with van der Waals surface area (Å²) in [4.78, 5) is 26.4. The lowest BCUT2D eigenvalue weighted by molar-refractivity contribution is -0.344. The van der Waals surface area contributed by atoms with Gasteiger partial charge in [-0.25, -0.2) is 14.4 Å². The first-order valence-corrected chi connectivity index (χ1v) is 11.3. The zero-order chi connectivity index (χ0) is 26.4. The van der Waals surface area contributed by atoms with Crippen LogP contribution in [-0.2, 0) is 9.53 Å². The van der Waals surface area contributed by atoms with Crippen LogP contribution in [0.15, 0.2) is 36.4 Å². The molecule has 2 aliphatic rings.